The number of rotatable bonds is 5. The Bertz CT molecular complexity index is 554. The lowest BCUT2D eigenvalue weighted by Crippen LogP contribution is -2.37. The van der Waals surface area contributed by atoms with Crippen molar-refractivity contribution in [2.24, 2.45) is 0 Å². The molecule has 5 heteroatoms. The van der Waals surface area contributed by atoms with E-state index in [1.807, 2.05) is 50.2 Å². The molecule has 1 unspecified atom stereocenters. The first-order chi connectivity index (χ1) is 9.65. The van der Waals surface area contributed by atoms with Crippen LogP contribution in [0.2, 0.25) is 0 Å². The van der Waals surface area contributed by atoms with Crippen molar-refractivity contribution in [1.82, 2.24) is 15.5 Å². The van der Waals surface area contributed by atoms with Gasteiger partial charge >= 0.3 is 0 Å². The van der Waals surface area contributed by atoms with Gasteiger partial charge in [0, 0.05) is 18.4 Å². The number of amides is 1. The number of aromatic nitrogens is 2. The minimum atomic E-state index is -0.307. The second-order valence-electron chi connectivity index (χ2n) is 4.67. The lowest BCUT2D eigenvalue weighted by atomic mass is 10.2. The van der Waals surface area contributed by atoms with Crippen molar-refractivity contribution >= 4 is 11.6 Å². The molecule has 1 heterocycles. The highest BCUT2D eigenvalue weighted by Gasteiger charge is 2.12. The van der Waals surface area contributed by atoms with E-state index in [0.29, 0.717) is 6.54 Å². The van der Waals surface area contributed by atoms with Crippen LogP contribution in [0.1, 0.15) is 18.2 Å². The molecule has 0 fully saturated rings. The van der Waals surface area contributed by atoms with Crippen molar-refractivity contribution in [3.05, 3.63) is 53.9 Å². The van der Waals surface area contributed by atoms with Crippen LogP contribution in [-0.4, -0.2) is 22.1 Å². The summed E-state index contributed by atoms with van der Waals surface area (Å²) in [5.41, 5.74) is 2.77. The Balaban J connectivity index is 1.84. The molecule has 104 valence electrons. The number of hydrogen-bond acceptors (Lipinski definition) is 4. The quantitative estimate of drug-likeness (QED) is 0.871. The van der Waals surface area contributed by atoms with Crippen molar-refractivity contribution in [2.45, 2.75) is 26.4 Å². The lowest BCUT2D eigenvalue weighted by molar-refractivity contribution is -0.117. The summed E-state index contributed by atoms with van der Waals surface area (Å²) < 4.78 is 0. The molecular weight excluding hydrogens is 252 g/mol. The number of nitrogens with zero attached hydrogens (tertiary/aromatic N) is 2. The highest BCUT2D eigenvalue weighted by atomic mass is 16.2. The fraction of sp³-hybridized carbons (Fsp3) is 0.267. The standard InChI is InChI=1S/C15H18N4O/c1-11-5-7-13(8-6-11)18-15(20)12(2)16-10-14-4-3-9-17-19-14/h3-9,12,16H,10H2,1-2H3,(H,18,20). The summed E-state index contributed by atoms with van der Waals surface area (Å²) in [5.74, 6) is -0.0715. The van der Waals surface area contributed by atoms with Crippen LogP contribution in [0.25, 0.3) is 0 Å². The molecule has 0 spiro atoms. The molecule has 0 radical (unpaired) electrons. The molecule has 2 aromatic rings. The smallest absolute Gasteiger partial charge is 0.241 e. The summed E-state index contributed by atoms with van der Waals surface area (Å²) in [5, 5.41) is 13.7. The van der Waals surface area contributed by atoms with Gasteiger partial charge in [0.15, 0.2) is 0 Å². The average Bonchev–Trinajstić information content (AvgIpc) is 2.48. The largest absolute Gasteiger partial charge is 0.325 e. The maximum absolute atomic E-state index is 12.0. The third-order valence-corrected chi connectivity index (χ3v) is 2.93. The van der Waals surface area contributed by atoms with Crippen molar-refractivity contribution in [3.8, 4) is 0 Å². The fourth-order valence-electron chi connectivity index (χ4n) is 1.67. The number of hydrogen-bond donors (Lipinski definition) is 2. The summed E-state index contributed by atoms with van der Waals surface area (Å²) in [6.07, 6.45) is 1.62. The zero-order valence-electron chi connectivity index (χ0n) is 11.6. The molecular formula is C15H18N4O. The molecule has 0 aliphatic carbocycles. The molecule has 0 saturated heterocycles. The Hall–Kier alpha value is -2.27. The summed E-state index contributed by atoms with van der Waals surface area (Å²) in [4.78, 5) is 12.0. The van der Waals surface area contributed by atoms with Crippen molar-refractivity contribution in [2.75, 3.05) is 5.32 Å². The van der Waals surface area contributed by atoms with E-state index in [-0.39, 0.29) is 11.9 Å². The van der Waals surface area contributed by atoms with Crippen molar-refractivity contribution < 1.29 is 4.79 Å². The molecule has 1 aromatic heterocycles. The average molecular weight is 270 g/mol. The van der Waals surface area contributed by atoms with Gasteiger partial charge in [-0.1, -0.05) is 17.7 Å². The summed E-state index contributed by atoms with van der Waals surface area (Å²) >= 11 is 0. The van der Waals surface area contributed by atoms with E-state index in [0.717, 1.165) is 16.9 Å². The van der Waals surface area contributed by atoms with E-state index in [1.54, 1.807) is 6.20 Å². The third-order valence-electron chi connectivity index (χ3n) is 2.93. The Morgan fingerprint density at radius 2 is 2.00 bits per heavy atom. The lowest BCUT2D eigenvalue weighted by Gasteiger charge is -2.13. The van der Waals surface area contributed by atoms with Gasteiger partial charge in [-0.15, -0.1) is 0 Å². The van der Waals surface area contributed by atoms with Crippen LogP contribution < -0.4 is 10.6 Å². The predicted octanol–water partition coefficient (Wildman–Crippen LogP) is 1.90. The van der Waals surface area contributed by atoms with Crippen LogP contribution in [0.5, 0.6) is 0 Å². The molecule has 2 N–H and O–H groups in total. The van der Waals surface area contributed by atoms with Gasteiger partial charge in [0.25, 0.3) is 0 Å². The molecule has 1 atom stereocenters. The SMILES string of the molecule is Cc1ccc(NC(=O)C(C)NCc2cccnn2)cc1. The molecule has 0 aliphatic rings. The van der Waals surface area contributed by atoms with Crippen LogP contribution in [0.3, 0.4) is 0 Å². The number of aryl methyl sites for hydroxylation is 1. The molecule has 0 aliphatic heterocycles. The van der Waals surface area contributed by atoms with Crippen molar-refractivity contribution in [1.29, 1.82) is 0 Å². The first-order valence-corrected chi connectivity index (χ1v) is 6.52. The Morgan fingerprint density at radius 1 is 1.25 bits per heavy atom. The highest BCUT2D eigenvalue weighted by Crippen LogP contribution is 2.08. The van der Waals surface area contributed by atoms with E-state index in [9.17, 15) is 4.79 Å². The van der Waals surface area contributed by atoms with E-state index >= 15 is 0 Å². The van der Waals surface area contributed by atoms with E-state index in [2.05, 4.69) is 20.8 Å². The van der Waals surface area contributed by atoms with Gasteiger partial charge in [-0.05, 0) is 38.1 Å². The second kappa shape index (κ2) is 6.77. The molecule has 0 bridgehead atoms. The van der Waals surface area contributed by atoms with Gasteiger partial charge < -0.3 is 10.6 Å². The maximum atomic E-state index is 12.0. The Kier molecular flexibility index (Phi) is 4.79. The molecule has 0 saturated carbocycles. The molecule has 1 aromatic carbocycles. The molecule has 2 rings (SSSR count). The summed E-state index contributed by atoms with van der Waals surface area (Å²) in [6, 6.07) is 11.1. The normalized spacial score (nSPS) is 11.9. The molecule has 1 amide bonds. The van der Waals surface area contributed by atoms with E-state index < -0.39 is 0 Å². The third kappa shape index (κ3) is 4.13. The topological polar surface area (TPSA) is 66.9 Å². The number of carbonyl (C=O) groups is 1. The minimum absolute atomic E-state index is 0.0715. The monoisotopic (exact) mass is 270 g/mol. The molecule has 20 heavy (non-hydrogen) atoms. The van der Waals surface area contributed by atoms with Crippen LogP contribution in [0.4, 0.5) is 5.69 Å². The minimum Gasteiger partial charge on any atom is -0.325 e. The zero-order valence-corrected chi connectivity index (χ0v) is 11.6. The van der Waals surface area contributed by atoms with Gasteiger partial charge in [0.2, 0.25) is 5.91 Å². The van der Waals surface area contributed by atoms with E-state index in [4.69, 9.17) is 0 Å². The van der Waals surface area contributed by atoms with Crippen LogP contribution in [0.15, 0.2) is 42.6 Å². The highest BCUT2D eigenvalue weighted by molar-refractivity contribution is 5.94. The van der Waals surface area contributed by atoms with E-state index in [1.165, 1.54) is 0 Å². The van der Waals surface area contributed by atoms with Gasteiger partial charge in [-0.25, -0.2) is 0 Å². The summed E-state index contributed by atoms with van der Waals surface area (Å²) in [7, 11) is 0. The molecule has 5 nitrogen and oxygen atoms in total. The van der Waals surface area contributed by atoms with Gasteiger partial charge in [0.05, 0.1) is 11.7 Å². The van der Waals surface area contributed by atoms with Gasteiger partial charge in [0.1, 0.15) is 0 Å². The Labute approximate surface area is 118 Å². The van der Waals surface area contributed by atoms with Gasteiger partial charge in [-0.3, -0.25) is 4.79 Å². The van der Waals surface area contributed by atoms with Crippen LogP contribution >= 0.6 is 0 Å². The second-order valence-corrected chi connectivity index (χ2v) is 4.67. The fourth-order valence-corrected chi connectivity index (χ4v) is 1.67. The first kappa shape index (κ1) is 14.1. The first-order valence-electron chi connectivity index (χ1n) is 6.52. The van der Waals surface area contributed by atoms with Crippen molar-refractivity contribution in [3.63, 3.8) is 0 Å². The van der Waals surface area contributed by atoms with Crippen LogP contribution in [0, 0.1) is 6.92 Å². The maximum Gasteiger partial charge on any atom is 0.241 e. The van der Waals surface area contributed by atoms with Gasteiger partial charge in [-0.2, -0.15) is 10.2 Å². The Morgan fingerprint density at radius 3 is 2.65 bits per heavy atom. The number of carbonyl (C=O) groups excluding carboxylic acids is 1. The number of anilines is 1. The zero-order chi connectivity index (χ0) is 14.4. The van der Waals surface area contributed by atoms with Crippen LogP contribution in [-0.2, 0) is 11.3 Å². The number of benzene rings is 1. The number of nitrogens with one attached hydrogen (secondary N) is 2. The summed E-state index contributed by atoms with van der Waals surface area (Å²) in [6.45, 7) is 4.34. The predicted molar refractivity (Wildman–Crippen MR) is 78.1 cm³/mol.